The lowest BCUT2D eigenvalue weighted by atomic mass is 9.81. The number of hydrogen-bond acceptors (Lipinski definition) is 1. The Balaban J connectivity index is 1.20. The van der Waals surface area contributed by atoms with Crippen LogP contribution in [0.2, 0.25) is 0 Å². The topological polar surface area (TPSA) is 3.24 Å². The van der Waals surface area contributed by atoms with Crippen molar-refractivity contribution in [3.05, 3.63) is 187 Å². The first-order chi connectivity index (χ1) is 23.5. The van der Waals surface area contributed by atoms with E-state index in [9.17, 15) is 0 Å². The second kappa shape index (κ2) is 11.1. The molecular formula is C47H35N. The average molecular weight is 614 g/mol. The summed E-state index contributed by atoms with van der Waals surface area (Å²) in [5.74, 6) is 0. The van der Waals surface area contributed by atoms with E-state index in [1.54, 1.807) is 0 Å². The Kier molecular flexibility index (Phi) is 6.55. The smallest absolute Gasteiger partial charge is 0.0468 e. The molecule has 0 unspecified atom stereocenters. The summed E-state index contributed by atoms with van der Waals surface area (Å²) < 4.78 is 0. The molecule has 0 bridgehead atoms. The summed E-state index contributed by atoms with van der Waals surface area (Å²) in [5, 5.41) is 5.09. The maximum atomic E-state index is 2.46. The molecule has 228 valence electrons. The SMILES string of the molecule is CC1(C)c2ccccc2-c2cc3ccc4ccc(N(c5ccc(-c6ccccc6)cc5)c5ccc(-c6ccccc6)cc5)cc4c3cc21. The highest BCUT2D eigenvalue weighted by molar-refractivity contribution is 6.11. The Morgan fingerprint density at radius 1 is 0.354 bits per heavy atom. The summed E-state index contributed by atoms with van der Waals surface area (Å²) >= 11 is 0. The van der Waals surface area contributed by atoms with Crippen LogP contribution in [0.25, 0.3) is 54.9 Å². The summed E-state index contributed by atoms with van der Waals surface area (Å²) in [4.78, 5) is 2.38. The van der Waals surface area contributed by atoms with Crippen LogP contribution in [0.15, 0.2) is 176 Å². The van der Waals surface area contributed by atoms with Crippen molar-refractivity contribution in [2.24, 2.45) is 0 Å². The summed E-state index contributed by atoms with van der Waals surface area (Å²) in [6, 6.07) is 64.3. The fourth-order valence-corrected chi connectivity index (χ4v) is 7.69. The van der Waals surface area contributed by atoms with Crippen molar-refractivity contribution in [3.63, 3.8) is 0 Å². The van der Waals surface area contributed by atoms with Crippen molar-refractivity contribution in [1.29, 1.82) is 0 Å². The standard InChI is InChI=1S/C47H35N/c1-47(2)45-16-10-9-15-41(45)44-29-37-18-17-36-23-28-40(30-42(36)43(37)31-46(44)47)48(38-24-19-34(20-25-38)32-11-5-3-6-12-32)39-26-21-35(22-27-39)33-13-7-4-8-14-33/h3-31H,1-2H3. The molecule has 8 aromatic carbocycles. The van der Waals surface area contributed by atoms with E-state index in [0.29, 0.717) is 0 Å². The van der Waals surface area contributed by atoms with Crippen LogP contribution >= 0.6 is 0 Å². The predicted octanol–water partition coefficient (Wildman–Crippen LogP) is 13.1. The number of rotatable bonds is 5. The van der Waals surface area contributed by atoms with Gasteiger partial charge in [-0.3, -0.25) is 0 Å². The van der Waals surface area contributed by atoms with Gasteiger partial charge in [0.15, 0.2) is 0 Å². The van der Waals surface area contributed by atoms with Crippen LogP contribution in [0.3, 0.4) is 0 Å². The molecule has 0 N–H and O–H groups in total. The second-order valence-corrected chi connectivity index (χ2v) is 13.4. The first-order valence-electron chi connectivity index (χ1n) is 16.8. The zero-order chi connectivity index (χ0) is 32.2. The van der Waals surface area contributed by atoms with Crippen LogP contribution < -0.4 is 4.90 Å². The van der Waals surface area contributed by atoms with Gasteiger partial charge in [-0.1, -0.05) is 141 Å². The maximum Gasteiger partial charge on any atom is 0.0468 e. The van der Waals surface area contributed by atoms with E-state index in [2.05, 4.69) is 195 Å². The van der Waals surface area contributed by atoms with Crippen LogP contribution in [0.4, 0.5) is 17.1 Å². The van der Waals surface area contributed by atoms with Gasteiger partial charge in [-0.15, -0.1) is 0 Å². The third-order valence-electron chi connectivity index (χ3n) is 10.2. The second-order valence-electron chi connectivity index (χ2n) is 13.4. The number of anilines is 3. The summed E-state index contributed by atoms with van der Waals surface area (Å²) in [6.07, 6.45) is 0. The van der Waals surface area contributed by atoms with Crippen LogP contribution in [-0.2, 0) is 5.41 Å². The summed E-state index contributed by atoms with van der Waals surface area (Å²) in [5.41, 5.74) is 13.7. The number of hydrogen-bond donors (Lipinski definition) is 0. The Morgan fingerprint density at radius 3 is 1.46 bits per heavy atom. The van der Waals surface area contributed by atoms with Gasteiger partial charge in [0.2, 0.25) is 0 Å². The lowest BCUT2D eigenvalue weighted by Crippen LogP contribution is -2.14. The molecular weight excluding hydrogens is 579 g/mol. The lowest BCUT2D eigenvalue weighted by molar-refractivity contribution is 0.661. The van der Waals surface area contributed by atoms with E-state index in [0.717, 1.165) is 17.1 Å². The molecule has 0 spiro atoms. The van der Waals surface area contributed by atoms with E-state index >= 15 is 0 Å². The van der Waals surface area contributed by atoms with Gasteiger partial charge < -0.3 is 4.90 Å². The number of benzene rings is 8. The first kappa shape index (κ1) is 28.3. The minimum absolute atomic E-state index is 0.0487. The molecule has 0 aliphatic heterocycles. The molecule has 0 radical (unpaired) electrons. The Morgan fingerprint density at radius 2 is 0.833 bits per heavy atom. The van der Waals surface area contributed by atoms with Gasteiger partial charge >= 0.3 is 0 Å². The molecule has 0 amide bonds. The normalized spacial score (nSPS) is 13.0. The van der Waals surface area contributed by atoms with Crippen LogP contribution in [0.1, 0.15) is 25.0 Å². The summed E-state index contributed by atoms with van der Waals surface area (Å²) in [6.45, 7) is 4.72. The molecule has 1 heteroatoms. The third-order valence-corrected chi connectivity index (χ3v) is 10.2. The molecule has 1 nitrogen and oxygen atoms in total. The average Bonchev–Trinajstić information content (AvgIpc) is 3.37. The van der Waals surface area contributed by atoms with Gasteiger partial charge in [0.1, 0.15) is 0 Å². The number of nitrogens with zero attached hydrogens (tertiary/aromatic N) is 1. The highest BCUT2D eigenvalue weighted by atomic mass is 15.1. The van der Waals surface area contributed by atoms with Crippen LogP contribution in [-0.4, -0.2) is 0 Å². The third kappa shape index (κ3) is 4.62. The largest absolute Gasteiger partial charge is 0.310 e. The fraction of sp³-hybridized carbons (Fsp3) is 0.0638. The van der Waals surface area contributed by atoms with Crippen molar-refractivity contribution < 1.29 is 0 Å². The van der Waals surface area contributed by atoms with Crippen molar-refractivity contribution in [2.45, 2.75) is 19.3 Å². The van der Waals surface area contributed by atoms with Gasteiger partial charge in [-0.25, -0.2) is 0 Å². The predicted molar refractivity (Wildman–Crippen MR) is 205 cm³/mol. The highest BCUT2D eigenvalue weighted by Crippen LogP contribution is 2.50. The monoisotopic (exact) mass is 613 g/mol. The van der Waals surface area contributed by atoms with Crippen LogP contribution in [0, 0.1) is 0 Å². The first-order valence-corrected chi connectivity index (χ1v) is 16.8. The van der Waals surface area contributed by atoms with Gasteiger partial charge in [-0.05, 0) is 115 Å². The van der Waals surface area contributed by atoms with Crippen molar-refractivity contribution in [1.82, 2.24) is 0 Å². The molecule has 0 fully saturated rings. The minimum atomic E-state index is -0.0487. The lowest BCUT2D eigenvalue weighted by Gasteiger charge is -2.26. The molecule has 9 rings (SSSR count). The zero-order valence-corrected chi connectivity index (χ0v) is 27.2. The van der Waals surface area contributed by atoms with Gasteiger partial charge in [0.05, 0.1) is 0 Å². The van der Waals surface area contributed by atoms with E-state index in [1.165, 1.54) is 66.1 Å². The van der Waals surface area contributed by atoms with Crippen molar-refractivity contribution in [2.75, 3.05) is 4.90 Å². The molecule has 48 heavy (non-hydrogen) atoms. The fourth-order valence-electron chi connectivity index (χ4n) is 7.69. The van der Waals surface area contributed by atoms with E-state index in [1.807, 2.05) is 0 Å². The zero-order valence-electron chi connectivity index (χ0n) is 27.2. The minimum Gasteiger partial charge on any atom is -0.310 e. The molecule has 0 aromatic heterocycles. The van der Waals surface area contributed by atoms with E-state index in [4.69, 9.17) is 0 Å². The van der Waals surface area contributed by atoms with Crippen molar-refractivity contribution >= 4 is 38.6 Å². The molecule has 0 saturated heterocycles. The Labute approximate surface area is 282 Å². The molecule has 1 aliphatic rings. The molecule has 0 saturated carbocycles. The van der Waals surface area contributed by atoms with Crippen LogP contribution in [0.5, 0.6) is 0 Å². The van der Waals surface area contributed by atoms with Gasteiger partial charge in [0.25, 0.3) is 0 Å². The highest BCUT2D eigenvalue weighted by Gasteiger charge is 2.35. The molecule has 1 aliphatic carbocycles. The summed E-state index contributed by atoms with van der Waals surface area (Å²) in [7, 11) is 0. The maximum absolute atomic E-state index is 2.46. The Hall–Kier alpha value is -5.92. The van der Waals surface area contributed by atoms with Gasteiger partial charge in [0, 0.05) is 22.5 Å². The van der Waals surface area contributed by atoms with Gasteiger partial charge in [-0.2, -0.15) is 0 Å². The van der Waals surface area contributed by atoms with E-state index in [-0.39, 0.29) is 5.41 Å². The Bertz CT molecular complexity index is 2360. The molecule has 0 heterocycles. The molecule has 0 atom stereocenters. The molecule has 8 aromatic rings. The van der Waals surface area contributed by atoms with E-state index < -0.39 is 0 Å². The number of fused-ring (bicyclic) bond motifs is 6. The van der Waals surface area contributed by atoms with Crippen molar-refractivity contribution in [3.8, 4) is 33.4 Å². The quantitative estimate of drug-likeness (QED) is 0.175.